The zero-order chi connectivity index (χ0) is 14.9. The fourth-order valence-electron chi connectivity index (χ4n) is 3.12. The van der Waals surface area contributed by atoms with E-state index in [1.165, 1.54) is 0 Å². The van der Waals surface area contributed by atoms with Crippen molar-refractivity contribution in [3.8, 4) is 0 Å². The minimum absolute atomic E-state index is 0.0371. The highest BCUT2D eigenvalue weighted by atomic mass is 79.9. The number of benzene rings is 1. The molecule has 1 aromatic rings. The van der Waals surface area contributed by atoms with E-state index in [2.05, 4.69) is 15.9 Å². The molecule has 2 heterocycles. The van der Waals surface area contributed by atoms with E-state index in [1.807, 2.05) is 30.0 Å². The Morgan fingerprint density at radius 3 is 2.90 bits per heavy atom. The summed E-state index contributed by atoms with van der Waals surface area (Å²) in [5.74, 6) is 2.30. The molecule has 2 atom stereocenters. The maximum Gasteiger partial charge on any atom is 0.0709 e. The van der Waals surface area contributed by atoms with Gasteiger partial charge in [-0.15, -0.1) is 0 Å². The third kappa shape index (κ3) is 3.49. The standard InChI is InChI=1S/C15H20BrNO2S2/c16-11-1-2-13(17)14(9-11)21(18)12-3-6-19-15(10-12)4-7-20-8-5-15/h1-2,9,12H,3-8,10,17H2. The number of hydrogen-bond donors (Lipinski definition) is 1. The number of ether oxygens (including phenoxy) is 1. The quantitative estimate of drug-likeness (QED) is 0.785. The lowest BCUT2D eigenvalue weighted by molar-refractivity contribution is -0.0809. The molecule has 6 heteroatoms. The van der Waals surface area contributed by atoms with Crippen LogP contribution in [-0.2, 0) is 15.5 Å². The second kappa shape index (κ2) is 6.60. The molecule has 2 fully saturated rings. The van der Waals surface area contributed by atoms with Crippen LogP contribution in [0.1, 0.15) is 25.7 Å². The van der Waals surface area contributed by atoms with Gasteiger partial charge in [0, 0.05) is 22.0 Å². The highest BCUT2D eigenvalue weighted by Crippen LogP contribution is 2.40. The van der Waals surface area contributed by atoms with E-state index < -0.39 is 10.8 Å². The SMILES string of the molecule is Nc1ccc(Br)cc1S(=O)C1CCOC2(CCSCC2)C1. The molecule has 0 saturated carbocycles. The van der Waals surface area contributed by atoms with E-state index >= 15 is 0 Å². The number of rotatable bonds is 2. The summed E-state index contributed by atoms with van der Waals surface area (Å²) < 4.78 is 20.0. The third-order valence-corrected chi connectivity index (χ3v) is 7.62. The Morgan fingerprint density at radius 2 is 2.14 bits per heavy atom. The molecule has 21 heavy (non-hydrogen) atoms. The van der Waals surface area contributed by atoms with Crippen molar-refractivity contribution in [1.82, 2.24) is 0 Å². The van der Waals surface area contributed by atoms with E-state index in [-0.39, 0.29) is 10.9 Å². The molecule has 2 saturated heterocycles. The van der Waals surface area contributed by atoms with Crippen molar-refractivity contribution < 1.29 is 8.95 Å². The van der Waals surface area contributed by atoms with Crippen LogP contribution < -0.4 is 5.73 Å². The average Bonchev–Trinajstić information content (AvgIpc) is 2.50. The van der Waals surface area contributed by atoms with Crippen molar-refractivity contribution in [2.24, 2.45) is 0 Å². The van der Waals surface area contributed by atoms with Crippen LogP contribution in [0.4, 0.5) is 5.69 Å². The van der Waals surface area contributed by atoms with Gasteiger partial charge in [0.2, 0.25) is 0 Å². The van der Waals surface area contributed by atoms with Crippen LogP contribution in [0.25, 0.3) is 0 Å². The maximum atomic E-state index is 12.9. The molecule has 3 nitrogen and oxygen atoms in total. The molecule has 1 aromatic carbocycles. The van der Waals surface area contributed by atoms with E-state index in [1.54, 1.807) is 0 Å². The molecule has 0 aliphatic carbocycles. The normalized spacial score (nSPS) is 26.6. The number of nitrogens with two attached hydrogens (primary N) is 1. The number of hydrogen-bond acceptors (Lipinski definition) is 4. The van der Waals surface area contributed by atoms with Crippen molar-refractivity contribution in [3.63, 3.8) is 0 Å². The van der Waals surface area contributed by atoms with Crippen LogP contribution in [0, 0.1) is 0 Å². The van der Waals surface area contributed by atoms with Crippen LogP contribution in [0.3, 0.4) is 0 Å². The number of nitrogen functional groups attached to an aromatic ring is 1. The van der Waals surface area contributed by atoms with E-state index in [9.17, 15) is 4.21 Å². The molecule has 2 unspecified atom stereocenters. The van der Waals surface area contributed by atoms with Gasteiger partial charge in [-0.05, 0) is 55.4 Å². The van der Waals surface area contributed by atoms with Crippen LogP contribution in [-0.4, -0.2) is 33.2 Å². The zero-order valence-electron chi connectivity index (χ0n) is 11.8. The second-order valence-corrected chi connectivity index (χ2v) is 9.58. The van der Waals surface area contributed by atoms with Gasteiger partial charge in [0.05, 0.1) is 21.3 Å². The molecule has 0 amide bonds. The molecule has 0 aromatic heterocycles. The van der Waals surface area contributed by atoms with Gasteiger partial charge in [0.25, 0.3) is 0 Å². The van der Waals surface area contributed by atoms with Crippen LogP contribution in [0.2, 0.25) is 0 Å². The lowest BCUT2D eigenvalue weighted by Crippen LogP contribution is -2.45. The molecule has 2 aliphatic rings. The maximum absolute atomic E-state index is 12.9. The first-order valence-electron chi connectivity index (χ1n) is 7.27. The molecule has 2 N–H and O–H groups in total. The van der Waals surface area contributed by atoms with Crippen molar-refractivity contribution >= 4 is 44.2 Å². The Bertz CT molecular complexity index is 541. The van der Waals surface area contributed by atoms with Crippen LogP contribution >= 0.6 is 27.7 Å². The number of anilines is 1. The Morgan fingerprint density at radius 1 is 1.38 bits per heavy atom. The number of thioether (sulfide) groups is 1. The van der Waals surface area contributed by atoms with Crippen molar-refractivity contribution in [3.05, 3.63) is 22.7 Å². The van der Waals surface area contributed by atoms with Crippen LogP contribution in [0.5, 0.6) is 0 Å². The topological polar surface area (TPSA) is 52.3 Å². The smallest absolute Gasteiger partial charge is 0.0709 e. The first-order chi connectivity index (χ1) is 10.1. The second-order valence-electron chi connectivity index (χ2n) is 5.74. The minimum atomic E-state index is -1.06. The van der Waals surface area contributed by atoms with Gasteiger partial charge in [-0.2, -0.15) is 11.8 Å². The summed E-state index contributed by atoms with van der Waals surface area (Å²) in [5, 5.41) is 0.151. The van der Waals surface area contributed by atoms with E-state index in [0.29, 0.717) is 5.69 Å². The zero-order valence-corrected chi connectivity index (χ0v) is 15.1. The summed E-state index contributed by atoms with van der Waals surface area (Å²) in [4.78, 5) is 0.761. The number of halogens is 1. The van der Waals surface area contributed by atoms with Gasteiger partial charge >= 0.3 is 0 Å². The van der Waals surface area contributed by atoms with Gasteiger partial charge in [0.1, 0.15) is 0 Å². The Kier molecular flexibility index (Phi) is 4.98. The Labute approximate surface area is 141 Å². The predicted molar refractivity (Wildman–Crippen MR) is 93.2 cm³/mol. The van der Waals surface area contributed by atoms with Crippen molar-refractivity contribution in [2.45, 2.75) is 41.4 Å². The third-order valence-electron chi connectivity index (χ3n) is 4.35. The largest absolute Gasteiger partial charge is 0.398 e. The molecule has 3 rings (SSSR count). The van der Waals surface area contributed by atoms with Crippen molar-refractivity contribution in [1.29, 1.82) is 0 Å². The molecular weight excluding hydrogens is 370 g/mol. The van der Waals surface area contributed by atoms with E-state index in [4.69, 9.17) is 10.5 Å². The van der Waals surface area contributed by atoms with Gasteiger partial charge in [-0.25, -0.2) is 0 Å². The predicted octanol–water partition coefficient (Wildman–Crippen LogP) is 3.58. The van der Waals surface area contributed by atoms with E-state index in [0.717, 1.165) is 53.2 Å². The van der Waals surface area contributed by atoms with Gasteiger partial charge in [-0.1, -0.05) is 15.9 Å². The fraction of sp³-hybridized carbons (Fsp3) is 0.600. The highest BCUT2D eigenvalue weighted by Gasteiger charge is 2.41. The minimum Gasteiger partial charge on any atom is -0.398 e. The molecular formula is C15H20BrNO2S2. The molecule has 0 bridgehead atoms. The summed E-state index contributed by atoms with van der Waals surface area (Å²) in [5.41, 5.74) is 6.60. The molecule has 0 radical (unpaired) electrons. The summed E-state index contributed by atoms with van der Waals surface area (Å²) >= 11 is 5.43. The molecule has 116 valence electrons. The molecule has 1 spiro atoms. The summed E-state index contributed by atoms with van der Waals surface area (Å²) in [6.07, 6.45) is 3.91. The molecule has 2 aliphatic heterocycles. The fourth-order valence-corrected chi connectivity index (χ4v) is 6.54. The first-order valence-corrected chi connectivity index (χ1v) is 10.4. The van der Waals surface area contributed by atoms with Crippen LogP contribution in [0.15, 0.2) is 27.6 Å². The van der Waals surface area contributed by atoms with Gasteiger partial charge < -0.3 is 10.5 Å². The Hall–Kier alpha value is -0.0400. The average molecular weight is 390 g/mol. The summed E-state index contributed by atoms with van der Waals surface area (Å²) in [6.45, 7) is 0.717. The monoisotopic (exact) mass is 389 g/mol. The van der Waals surface area contributed by atoms with Crippen molar-refractivity contribution in [2.75, 3.05) is 23.8 Å². The highest BCUT2D eigenvalue weighted by molar-refractivity contribution is 9.10. The summed E-state index contributed by atoms with van der Waals surface area (Å²) in [6, 6.07) is 5.60. The summed E-state index contributed by atoms with van der Waals surface area (Å²) in [7, 11) is -1.06. The Balaban J connectivity index is 1.79. The first kappa shape index (κ1) is 15.8. The lowest BCUT2D eigenvalue weighted by atomic mass is 9.88. The van der Waals surface area contributed by atoms with Gasteiger partial charge in [-0.3, -0.25) is 4.21 Å². The van der Waals surface area contributed by atoms with Gasteiger partial charge in [0.15, 0.2) is 0 Å². The lowest BCUT2D eigenvalue weighted by Gasteiger charge is -2.43.